The monoisotopic (exact) mass is 244 g/mol. The molecular formula is C14H16N2O2. The number of methoxy groups -OCH3 is 1. The molecule has 94 valence electrons. The van der Waals surface area contributed by atoms with Crippen molar-refractivity contribution in [3.63, 3.8) is 0 Å². The molecule has 0 fully saturated rings. The van der Waals surface area contributed by atoms with Crippen LogP contribution in [0.1, 0.15) is 27.4 Å². The summed E-state index contributed by atoms with van der Waals surface area (Å²) in [5.74, 6) is -0.296. The molecule has 0 bridgehead atoms. The van der Waals surface area contributed by atoms with Crippen molar-refractivity contribution in [2.75, 3.05) is 7.11 Å². The molecule has 0 atom stereocenters. The molecule has 0 aliphatic carbocycles. The number of rotatable bonds is 3. The van der Waals surface area contributed by atoms with Crippen LogP contribution in [0.4, 0.5) is 0 Å². The minimum Gasteiger partial charge on any atom is -0.465 e. The standard InChI is InChI=1S/C14H16N2O2/c1-10-8-13(14(17)18-3)11(2)16(10)9-12-6-4-5-7-15-12/h4-8H,9H2,1-3H3. The highest BCUT2D eigenvalue weighted by Gasteiger charge is 2.16. The fraction of sp³-hybridized carbons (Fsp3) is 0.286. The summed E-state index contributed by atoms with van der Waals surface area (Å²) in [6.45, 7) is 4.56. The number of hydrogen-bond donors (Lipinski definition) is 0. The van der Waals surface area contributed by atoms with Crippen molar-refractivity contribution < 1.29 is 9.53 Å². The topological polar surface area (TPSA) is 44.1 Å². The first kappa shape index (κ1) is 12.4. The normalized spacial score (nSPS) is 10.4. The van der Waals surface area contributed by atoms with E-state index in [1.54, 1.807) is 6.20 Å². The molecule has 0 aliphatic heterocycles. The Labute approximate surface area is 106 Å². The quantitative estimate of drug-likeness (QED) is 0.778. The predicted molar refractivity (Wildman–Crippen MR) is 68.6 cm³/mol. The van der Waals surface area contributed by atoms with E-state index in [0.29, 0.717) is 12.1 Å². The van der Waals surface area contributed by atoms with Gasteiger partial charge >= 0.3 is 5.97 Å². The van der Waals surface area contributed by atoms with E-state index in [1.807, 2.05) is 38.1 Å². The third-order valence-electron chi connectivity index (χ3n) is 3.03. The second-order valence-electron chi connectivity index (χ2n) is 4.18. The number of carbonyl (C=O) groups excluding carboxylic acids is 1. The molecule has 0 spiro atoms. The molecular weight excluding hydrogens is 228 g/mol. The number of pyridine rings is 1. The number of aromatic nitrogens is 2. The lowest BCUT2D eigenvalue weighted by molar-refractivity contribution is 0.0600. The third kappa shape index (κ3) is 2.27. The van der Waals surface area contributed by atoms with Crippen molar-refractivity contribution in [3.8, 4) is 0 Å². The van der Waals surface area contributed by atoms with Gasteiger partial charge in [0, 0.05) is 17.6 Å². The Morgan fingerprint density at radius 1 is 1.39 bits per heavy atom. The summed E-state index contributed by atoms with van der Waals surface area (Å²) in [6, 6.07) is 7.66. The number of aryl methyl sites for hydroxylation is 1. The van der Waals surface area contributed by atoms with Gasteiger partial charge in [0.2, 0.25) is 0 Å². The average molecular weight is 244 g/mol. The minimum atomic E-state index is -0.296. The molecule has 0 unspecified atom stereocenters. The Morgan fingerprint density at radius 3 is 2.78 bits per heavy atom. The van der Waals surface area contributed by atoms with Crippen LogP contribution < -0.4 is 0 Å². The predicted octanol–water partition coefficient (Wildman–Crippen LogP) is 2.33. The second kappa shape index (κ2) is 5.04. The molecule has 2 rings (SSSR count). The lowest BCUT2D eigenvalue weighted by Crippen LogP contribution is -2.07. The maximum absolute atomic E-state index is 11.6. The highest BCUT2D eigenvalue weighted by molar-refractivity contribution is 5.91. The maximum Gasteiger partial charge on any atom is 0.339 e. The van der Waals surface area contributed by atoms with Crippen molar-refractivity contribution in [1.82, 2.24) is 9.55 Å². The Kier molecular flexibility index (Phi) is 3.46. The van der Waals surface area contributed by atoms with E-state index in [2.05, 4.69) is 9.55 Å². The van der Waals surface area contributed by atoms with Gasteiger partial charge in [0.15, 0.2) is 0 Å². The van der Waals surface area contributed by atoms with Gasteiger partial charge in [0.1, 0.15) is 0 Å². The molecule has 0 radical (unpaired) electrons. The van der Waals surface area contributed by atoms with Crippen LogP contribution in [0, 0.1) is 13.8 Å². The Hall–Kier alpha value is -2.10. The van der Waals surface area contributed by atoms with Gasteiger partial charge in [-0.2, -0.15) is 0 Å². The molecule has 0 amide bonds. The van der Waals surface area contributed by atoms with Gasteiger partial charge in [-0.1, -0.05) is 6.07 Å². The van der Waals surface area contributed by atoms with Crippen LogP contribution in [-0.4, -0.2) is 22.6 Å². The zero-order valence-electron chi connectivity index (χ0n) is 10.8. The Morgan fingerprint density at radius 2 is 2.17 bits per heavy atom. The summed E-state index contributed by atoms with van der Waals surface area (Å²) in [5.41, 5.74) is 3.52. The van der Waals surface area contributed by atoms with E-state index in [1.165, 1.54) is 7.11 Å². The van der Waals surface area contributed by atoms with E-state index >= 15 is 0 Å². The lowest BCUT2D eigenvalue weighted by atomic mass is 10.2. The molecule has 0 aliphatic rings. The van der Waals surface area contributed by atoms with Crippen molar-refractivity contribution in [3.05, 3.63) is 53.1 Å². The van der Waals surface area contributed by atoms with Crippen molar-refractivity contribution in [2.45, 2.75) is 20.4 Å². The molecule has 4 nitrogen and oxygen atoms in total. The Balaban J connectivity index is 2.34. The molecule has 18 heavy (non-hydrogen) atoms. The summed E-state index contributed by atoms with van der Waals surface area (Å²) in [7, 11) is 1.40. The number of nitrogens with zero attached hydrogens (tertiary/aromatic N) is 2. The SMILES string of the molecule is COC(=O)c1cc(C)n(Cc2ccccn2)c1C. The van der Waals surface area contributed by atoms with Crippen LogP contribution in [-0.2, 0) is 11.3 Å². The van der Waals surface area contributed by atoms with E-state index in [-0.39, 0.29) is 5.97 Å². The zero-order chi connectivity index (χ0) is 13.1. The summed E-state index contributed by atoms with van der Waals surface area (Å²) in [4.78, 5) is 15.9. The number of esters is 1. The lowest BCUT2D eigenvalue weighted by Gasteiger charge is -2.08. The molecule has 4 heteroatoms. The van der Waals surface area contributed by atoms with E-state index in [0.717, 1.165) is 17.1 Å². The van der Waals surface area contributed by atoms with E-state index < -0.39 is 0 Å². The van der Waals surface area contributed by atoms with Gasteiger partial charge in [-0.05, 0) is 32.0 Å². The van der Waals surface area contributed by atoms with Crippen molar-refractivity contribution >= 4 is 5.97 Å². The average Bonchev–Trinajstić information content (AvgIpc) is 2.67. The molecule has 0 saturated carbocycles. The van der Waals surface area contributed by atoms with E-state index in [9.17, 15) is 4.79 Å². The largest absolute Gasteiger partial charge is 0.465 e. The fourth-order valence-electron chi connectivity index (χ4n) is 2.01. The first-order valence-electron chi connectivity index (χ1n) is 5.78. The molecule has 0 aromatic carbocycles. The molecule has 0 N–H and O–H groups in total. The molecule has 2 aromatic rings. The van der Waals surface area contributed by atoms with Crippen LogP contribution in [0.15, 0.2) is 30.5 Å². The van der Waals surface area contributed by atoms with Gasteiger partial charge in [0.05, 0.1) is 24.9 Å². The summed E-state index contributed by atoms with van der Waals surface area (Å²) < 4.78 is 6.83. The van der Waals surface area contributed by atoms with Crippen LogP contribution in [0.25, 0.3) is 0 Å². The van der Waals surface area contributed by atoms with Crippen molar-refractivity contribution in [2.24, 2.45) is 0 Å². The first-order chi connectivity index (χ1) is 8.63. The van der Waals surface area contributed by atoms with Gasteiger partial charge in [-0.25, -0.2) is 4.79 Å². The smallest absolute Gasteiger partial charge is 0.339 e. The summed E-state index contributed by atoms with van der Waals surface area (Å²) in [5, 5.41) is 0. The fourth-order valence-corrected chi connectivity index (χ4v) is 2.01. The number of carbonyl (C=O) groups is 1. The van der Waals surface area contributed by atoms with Crippen LogP contribution in [0.2, 0.25) is 0 Å². The zero-order valence-corrected chi connectivity index (χ0v) is 10.8. The third-order valence-corrected chi connectivity index (χ3v) is 3.03. The van der Waals surface area contributed by atoms with E-state index in [4.69, 9.17) is 4.74 Å². The number of hydrogen-bond acceptors (Lipinski definition) is 3. The van der Waals surface area contributed by atoms with Crippen LogP contribution in [0.5, 0.6) is 0 Å². The van der Waals surface area contributed by atoms with Gasteiger partial charge < -0.3 is 9.30 Å². The summed E-state index contributed by atoms with van der Waals surface area (Å²) >= 11 is 0. The maximum atomic E-state index is 11.6. The second-order valence-corrected chi connectivity index (χ2v) is 4.18. The molecule has 0 saturated heterocycles. The highest BCUT2D eigenvalue weighted by atomic mass is 16.5. The molecule has 2 heterocycles. The first-order valence-corrected chi connectivity index (χ1v) is 5.78. The summed E-state index contributed by atoms with van der Waals surface area (Å²) in [6.07, 6.45) is 1.77. The van der Waals surface area contributed by atoms with Gasteiger partial charge in [0.25, 0.3) is 0 Å². The minimum absolute atomic E-state index is 0.296. The van der Waals surface area contributed by atoms with Crippen LogP contribution in [0.3, 0.4) is 0 Å². The molecule has 2 aromatic heterocycles. The number of ether oxygens (including phenoxy) is 1. The van der Waals surface area contributed by atoms with Crippen LogP contribution >= 0.6 is 0 Å². The highest BCUT2D eigenvalue weighted by Crippen LogP contribution is 2.17. The van der Waals surface area contributed by atoms with Gasteiger partial charge in [-0.15, -0.1) is 0 Å². The van der Waals surface area contributed by atoms with Crippen molar-refractivity contribution in [1.29, 1.82) is 0 Å². The Bertz CT molecular complexity index is 559. The van der Waals surface area contributed by atoms with Gasteiger partial charge in [-0.3, -0.25) is 4.98 Å².